The summed E-state index contributed by atoms with van der Waals surface area (Å²) < 4.78 is 15.9. The van der Waals surface area contributed by atoms with Crippen molar-refractivity contribution in [1.29, 1.82) is 0 Å². The zero-order valence-corrected chi connectivity index (χ0v) is 50.6. The number of primary amides is 2. The average molecular weight is 1190 g/mol. The van der Waals surface area contributed by atoms with Crippen molar-refractivity contribution in [3.05, 3.63) is 0 Å². The van der Waals surface area contributed by atoms with E-state index in [0.717, 1.165) is 6.42 Å². The van der Waals surface area contributed by atoms with Gasteiger partial charge in [-0.05, 0) is 120 Å². The van der Waals surface area contributed by atoms with Crippen LogP contribution in [0.5, 0.6) is 0 Å². The van der Waals surface area contributed by atoms with Gasteiger partial charge in [0.05, 0.1) is 73.7 Å². The number of unbranched alkanes of at least 4 members (excludes halogenated alkanes) is 3. The van der Waals surface area contributed by atoms with Crippen molar-refractivity contribution in [2.45, 2.75) is 173 Å². The number of ether oxygens (including phenoxy) is 3. The Kier molecular flexibility index (Phi) is 43.1. The summed E-state index contributed by atoms with van der Waals surface area (Å²) in [6.07, 6.45) is 5.82. The van der Waals surface area contributed by atoms with Crippen molar-refractivity contribution >= 4 is 64.5 Å². The third-order valence-electron chi connectivity index (χ3n) is 13.6. The number of hydrogen-bond acceptors (Lipinski definition) is 21. The Morgan fingerprint density at radius 2 is 0.952 bits per heavy atom. The van der Waals surface area contributed by atoms with Gasteiger partial charge in [0.15, 0.2) is 0 Å². The number of amides is 8. The number of oxime groups is 2. The number of carbonyl (C=O) groups is 9. The van der Waals surface area contributed by atoms with Gasteiger partial charge in [0.2, 0.25) is 47.3 Å². The first-order valence-electron chi connectivity index (χ1n) is 28.8. The smallest absolute Gasteiger partial charge is 0.246 e. The van der Waals surface area contributed by atoms with Gasteiger partial charge in [-0.3, -0.25) is 48.0 Å². The highest BCUT2D eigenvalue weighted by atomic mass is 16.7. The highest BCUT2D eigenvalue weighted by molar-refractivity contribution is 5.91. The monoisotopic (exact) mass is 1190 g/mol. The Hall–Kier alpha value is -5.95. The molecule has 0 heterocycles. The molecular weight excluding hydrogens is 1080 g/mol. The molecular formula is C54H102N14O15. The Labute approximate surface area is 489 Å². The molecule has 8 amide bonds. The van der Waals surface area contributed by atoms with Crippen LogP contribution in [0.1, 0.15) is 144 Å². The molecule has 83 heavy (non-hydrogen) atoms. The fourth-order valence-electron chi connectivity index (χ4n) is 7.71. The van der Waals surface area contributed by atoms with Crippen molar-refractivity contribution in [2.75, 3.05) is 99.6 Å². The molecule has 0 fully saturated rings. The normalized spacial score (nSPS) is 13.2. The highest BCUT2D eigenvalue weighted by Gasteiger charge is 2.28. The topological polar surface area (TPSA) is 428 Å². The molecule has 29 nitrogen and oxygen atoms in total. The third-order valence-corrected chi connectivity index (χ3v) is 13.6. The first-order valence-corrected chi connectivity index (χ1v) is 28.8. The number of hydroxylamine groups is 1. The van der Waals surface area contributed by atoms with Crippen molar-refractivity contribution in [3.8, 4) is 0 Å². The van der Waals surface area contributed by atoms with E-state index >= 15 is 0 Å². The van der Waals surface area contributed by atoms with Crippen LogP contribution in [0.25, 0.3) is 0 Å². The molecule has 16 N–H and O–H groups in total. The number of hydrogen-bond donors (Lipinski definition) is 14. The standard InChI is InChI=1S/C54H102N14O15/c1-38(66-78)53(3,4)63-34-41(35-64-54(5,6)39(2)67-79)65-46(71)22-15-18-42(69)33-40(52(77)62-26-14-11-20-44(58-8)51(56)76)17-9-12-24-59-45(70)21-16-23-47(72)68-83-32-31-82-37-49(74)61-27-28-80-29-30-81-36-48(73)60-25-13-10-19-43(57-7)50(55)75/h40-41,43-44,57-58,63-64,78-79H,9-37H2,1-8H3,(H2,55,75)(H2,56,76)(H,59,70)(H,60,73)(H,61,74)(H,62,77)(H,65,71)(H,68,72)/b66-38+,67-39+/t40-,43+,44?/m1/s1. The molecule has 478 valence electrons. The summed E-state index contributed by atoms with van der Waals surface area (Å²) >= 11 is 0. The van der Waals surface area contributed by atoms with Crippen LogP contribution < -0.4 is 64.8 Å². The number of Topliss-reactive ketones (excluding diaryl/α,β-unsaturated/α-hetero) is 1. The molecule has 1 unspecified atom stereocenters. The lowest BCUT2D eigenvalue weighted by Gasteiger charge is -2.32. The maximum atomic E-state index is 13.4. The van der Waals surface area contributed by atoms with E-state index in [0.29, 0.717) is 95.5 Å². The van der Waals surface area contributed by atoms with Gasteiger partial charge in [-0.15, -0.1) is 0 Å². The number of nitrogens with two attached hydrogens (primary N) is 2. The summed E-state index contributed by atoms with van der Waals surface area (Å²) in [6.45, 7) is 12.9. The predicted molar refractivity (Wildman–Crippen MR) is 311 cm³/mol. The van der Waals surface area contributed by atoms with Crippen molar-refractivity contribution in [2.24, 2.45) is 27.7 Å². The van der Waals surface area contributed by atoms with Crippen LogP contribution in [0, 0.1) is 5.92 Å². The summed E-state index contributed by atoms with van der Waals surface area (Å²) in [5, 5.41) is 51.7. The van der Waals surface area contributed by atoms with Crippen molar-refractivity contribution in [3.63, 3.8) is 0 Å². The molecule has 0 saturated heterocycles. The summed E-state index contributed by atoms with van der Waals surface area (Å²) in [6, 6.07) is -1.31. The van der Waals surface area contributed by atoms with Gasteiger partial charge in [0.1, 0.15) is 19.0 Å². The molecule has 0 bridgehead atoms. The Bertz CT molecular complexity index is 1960. The van der Waals surface area contributed by atoms with Gasteiger partial charge in [0.25, 0.3) is 0 Å². The minimum Gasteiger partial charge on any atom is -0.411 e. The van der Waals surface area contributed by atoms with Crippen LogP contribution in [0.3, 0.4) is 0 Å². The lowest BCUT2D eigenvalue weighted by atomic mass is 9.93. The minimum absolute atomic E-state index is 0.0209. The summed E-state index contributed by atoms with van der Waals surface area (Å²) in [5.74, 6) is -3.62. The maximum Gasteiger partial charge on any atom is 0.246 e. The maximum absolute atomic E-state index is 13.4. The largest absolute Gasteiger partial charge is 0.411 e. The number of likely N-dealkylation sites (N-methyl/N-ethyl adjacent to an activating group) is 2. The number of ketones is 1. The van der Waals surface area contributed by atoms with Gasteiger partial charge in [-0.25, -0.2) is 5.48 Å². The number of nitrogens with zero attached hydrogens (tertiary/aromatic N) is 2. The average Bonchev–Trinajstić information content (AvgIpc) is 3.44. The summed E-state index contributed by atoms with van der Waals surface area (Å²) in [4.78, 5) is 116. The molecule has 0 aliphatic heterocycles. The zero-order chi connectivity index (χ0) is 62.5. The molecule has 0 aliphatic carbocycles. The van der Waals surface area contributed by atoms with E-state index in [1.54, 1.807) is 27.9 Å². The van der Waals surface area contributed by atoms with E-state index < -0.39 is 52.8 Å². The SMILES string of the molecule is CNC(CCCCNC(=O)[C@H](CCCCNC(=O)CCCC(=O)NOCCOCC(=O)NCCOCCOCC(=O)NCCCC[C@H](NC)C(N)=O)CC(=O)CCCC(=O)NC(CNC(C)(C)/C(C)=N/O)CNC(C)(C)/C(C)=N/O)C(N)=O. The van der Waals surface area contributed by atoms with Crippen molar-refractivity contribution in [1.82, 2.24) is 53.3 Å². The number of carbonyl (C=O) groups excluding carboxylic acids is 9. The molecule has 0 saturated carbocycles. The van der Waals surface area contributed by atoms with Gasteiger partial charge in [-0.2, -0.15) is 0 Å². The van der Waals surface area contributed by atoms with E-state index in [9.17, 15) is 53.6 Å². The molecule has 0 spiro atoms. The molecule has 3 atom stereocenters. The predicted octanol–water partition coefficient (Wildman–Crippen LogP) is -0.956. The second-order valence-corrected chi connectivity index (χ2v) is 21.2. The molecule has 0 radical (unpaired) electrons. The van der Waals surface area contributed by atoms with Gasteiger partial charge in [0, 0.05) is 77.3 Å². The first kappa shape index (κ1) is 77.0. The van der Waals surface area contributed by atoms with Crippen LogP contribution in [0.4, 0.5) is 0 Å². The lowest BCUT2D eigenvalue weighted by Crippen LogP contribution is -2.57. The second-order valence-electron chi connectivity index (χ2n) is 21.2. The molecule has 0 aromatic carbocycles. The molecule has 0 aromatic rings. The van der Waals surface area contributed by atoms with E-state index in [-0.39, 0.29) is 133 Å². The highest BCUT2D eigenvalue weighted by Crippen LogP contribution is 2.17. The molecule has 0 rings (SSSR count). The summed E-state index contributed by atoms with van der Waals surface area (Å²) in [5.41, 5.74) is 12.5. The fourth-order valence-corrected chi connectivity index (χ4v) is 7.71. The van der Waals surface area contributed by atoms with E-state index in [4.69, 9.17) is 30.5 Å². The van der Waals surface area contributed by atoms with Gasteiger partial charge < -0.3 is 83.9 Å². The third kappa shape index (κ3) is 40.0. The van der Waals surface area contributed by atoms with E-state index in [2.05, 4.69) is 63.6 Å². The second kappa shape index (κ2) is 46.4. The Balaban J connectivity index is 4.67. The fraction of sp³-hybridized carbons (Fsp3) is 0.796. The Morgan fingerprint density at radius 1 is 0.506 bits per heavy atom. The lowest BCUT2D eigenvalue weighted by molar-refractivity contribution is -0.136. The zero-order valence-electron chi connectivity index (χ0n) is 50.6. The van der Waals surface area contributed by atoms with E-state index in [1.165, 1.54) is 0 Å². The van der Waals surface area contributed by atoms with Crippen LogP contribution >= 0.6 is 0 Å². The van der Waals surface area contributed by atoms with Crippen LogP contribution in [-0.4, -0.2) is 204 Å². The Morgan fingerprint density at radius 3 is 1.47 bits per heavy atom. The molecule has 29 heteroatoms. The van der Waals surface area contributed by atoms with Crippen molar-refractivity contribution < 1.29 is 72.6 Å². The summed E-state index contributed by atoms with van der Waals surface area (Å²) in [7, 11) is 3.31. The van der Waals surface area contributed by atoms with Gasteiger partial charge >= 0.3 is 0 Å². The first-order chi connectivity index (χ1) is 39.4. The number of nitrogens with one attached hydrogen (secondary N) is 10. The van der Waals surface area contributed by atoms with Gasteiger partial charge in [-0.1, -0.05) is 16.7 Å². The quantitative estimate of drug-likeness (QED) is 0.0151. The molecule has 0 aromatic heterocycles. The molecule has 0 aliphatic rings. The van der Waals surface area contributed by atoms with E-state index in [1.807, 2.05) is 27.7 Å². The van der Waals surface area contributed by atoms with Crippen LogP contribution in [0.2, 0.25) is 0 Å². The van der Waals surface area contributed by atoms with Crippen LogP contribution in [0.15, 0.2) is 10.3 Å². The van der Waals surface area contributed by atoms with Crippen LogP contribution in [-0.2, 0) is 62.2 Å². The number of rotatable bonds is 53. The minimum atomic E-state index is -0.689.